The molecule has 0 saturated heterocycles. The van der Waals surface area contributed by atoms with Crippen molar-refractivity contribution in [3.63, 3.8) is 0 Å². The van der Waals surface area contributed by atoms with Crippen LogP contribution in [-0.2, 0) is 4.79 Å². The fourth-order valence-corrected chi connectivity index (χ4v) is 0.525. The van der Waals surface area contributed by atoms with Crippen molar-refractivity contribution in [1.29, 1.82) is 0 Å². The second-order valence-electron chi connectivity index (χ2n) is 2.16. The van der Waals surface area contributed by atoms with Gasteiger partial charge in [-0.3, -0.25) is 4.79 Å². The van der Waals surface area contributed by atoms with Crippen LogP contribution in [0.1, 0.15) is 0 Å². The van der Waals surface area contributed by atoms with Crippen LogP contribution in [0, 0.1) is 0 Å². The number of hydrogen-bond acceptors (Lipinski definition) is 5. The predicted molar refractivity (Wildman–Crippen MR) is 36.7 cm³/mol. The summed E-state index contributed by atoms with van der Waals surface area (Å²) in [6.07, 6.45) is -2.81. The summed E-state index contributed by atoms with van der Waals surface area (Å²) in [5.41, 5.74) is 9.92. The van der Waals surface area contributed by atoms with Crippen molar-refractivity contribution >= 4 is 5.97 Å². The molecule has 0 aromatic heterocycles. The smallest absolute Gasteiger partial charge is 0.323 e. The molecule has 7 N–H and O–H groups in total. The molecule has 0 saturated carbocycles. The minimum atomic E-state index is -1.52. The Kier molecular flexibility index (Phi) is 3.98. The molecule has 6 nitrogen and oxygen atoms in total. The molecule has 0 heterocycles. The fourth-order valence-electron chi connectivity index (χ4n) is 0.525. The molecular weight excluding hydrogens is 152 g/mol. The number of aliphatic hydroxyl groups is 2. The van der Waals surface area contributed by atoms with Gasteiger partial charge in [0.1, 0.15) is 12.1 Å². The van der Waals surface area contributed by atoms with Gasteiger partial charge in [0.15, 0.2) is 0 Å². The zero-order chi connectivity index (χ0) is 9.02. The van der Waals surface area contributed by atoms with E-state index in [1.54, 1.807) is 0 Å². The summed E-state index contributed by atoms with van der Waals surface area (Å²) >= 11 is 0. The van der Waals surface area contributed by atoms with E-state index in [1.807, 2.05) is 0 Å². The molecule has 0 rings (SSSR count). The molecule has 66 valence electrons. The van der Waals surface area contributed by atoms with E-state index in [0.29, 0.717) is 0 Å². The topological polar surface area (TPSA) is 130 Å². The number of hydrogen-bond donors (Lipinski definition) is 5. The van der Waals surface area contributed by atoms with E-state index in [9.17, 15) is 4.79 Å². The molecule has 0 aliphatic heterocycles. The lowest BCUT2D eigenvalue weighted by Gasteiger charge is -2.18. The van der Waals surface area contributed by atoms with E-state index in [4.69, 9.17) is 26.8 Å². The summed E-state index contributed by atoms with van der Waals surface area (Å²) < 4.78 is 0. The minimum Gasteiger partial charge on any atom is -0.480 e. The maximum absolute atomic E-state index is 10.1. The SMILES string of the molecule is NCC(O)C(O)[C@H](N)C(=O)O. The first-order valence-corrected chi connectivity index (χ1v) is 3.05. The van der Waals surface area contributed by atoms with Gasteiger partial charge in [-0.1, -0.05) is 0 Å². The summed E-state index contributed by atoms with van der Waals surface area (Å²) in [5, 5.41) is 26.0. The summed E-state index contributed by atoms with van der Waals surface area (Å²) in [7, 11) is 0. The van der Waals surface area contributed by atoms with E-state index >= 15 is 0 Å². The summed E-state index contributed by atoms with van der Waals surface area (Å²) in [6.45, 7) is -0.220. The largest absolute Gasteiger partial charge is 0.480 e. The van der Waals surface area contributed by atoms with Crippen molar-refractivity contribution in [3.8, 4) is 0 Å². The predicted octanol–water partition coefficient (Wildman–Crippen LogP) is -2.92. The molecule has 0 aromatic carbocycles. The van der Waals surface area contributed by atoms with Crippen LogP contribution in [-0.4, -0.2) is 46.1 Å². The van der Waals surface area contributed by atoms with Crippen LogP contribution in [0.15, 0.2) is 0 Å². The van der Waals surface area contributed by atoms with E-state index in [1.165, 1.54) is 0 Å². The van der Waals surface area contributed by atoms with Gasteiger partial charge in [0, 0.05) is 6.54 Å². The average Bonchev–Trinajstić information content (AvgIpc) is 2.00. The van der Waals surface area contributed by atoms with Crippen molar-refractivity contribution in [1.82, 2.24) is 0 Å². The van der Waals surface area contributed by atoms with Crippen LogP contribution in [0.4, 0.5) is 0 Å². The Morgan fingerprint density at radius 3 is 2.18 bits per heavy atom. The van der Waals surface area contributed by atoms with Gasteiger partial charge in [-0.05, 0) is 0 Å². The van der Waals surface area contributed by atoms with Gasteiger partial charge in [-0.15, -0.1) is 0 Å². The third kappa shape index (κ3) is 2.81. The van der Waals surface area contributed by atoms with Crippen molar-refractivity contribution in [2.45, 2.75) is 18.2 Å². The van der Waals surface area contributed by atoms with Crippen molar-refractivity contribution in [2.75, 3.05) is 6.54 Å². The van der Waals surface area contributed by atoms with Crippen LogP contribution in [0.25, 0.3) is 0 Å². The molecule has 3 atom stereocenters. The first-order valence-electron chi connectivity index (χ1n) is 3.05. The van der Waals surface area contributed by atoms with E-state index in [2.05, 4.69) is 0 Å². The number of carboxylic acid groups (broad SMARTS) is 1. The number of aliphatic carboxylic acids is 1. The number of carboxylic acids is 1. The van der Waals surface area contributed by atoms with Crippen LogP contribution in [0.2, 0.25) is 0 Å². The first kappa shape index (κ1) is 10.3. The Labute approximate surface area is 63.4 Å². The zero-order valence-corrected chi connectivity index (χ0v) is 5.84. The quantitative estimate of drug-likeness (QED) is 0.302. The van der Waals surface area contributed by atoms with Crippen molar-refractivity contribution < 1.29 is 20.1 Å². The van der Waals surface area contributed by atoms with Crippen LogP contribution in [0.5, 0.6) is 0 Å². The van der Waals surface area contributed by atoms with Crippen molar-refractivity contribution in [3.05, 3.63) is 0 Å². The second-order valence-corrected chi connectivity index (χ2v) is 2.16. The Balaban J connectivity index is 4.00. The molecular formula is C5H12N2O4. The highest BCUT2D eigenvalue weighted by Gasteiger charge is 2.27. The summed E-state index contributed by atoms with van der Waals surface area (Å²) in [5.74, 6) is -1.37. The van der Waals surface area contributed by atoms with E-state index in [0.717, 1.165) is 0 Å². The molecule has 0 bridgehead atoms. The standard InChI is InChI=1S/C5H12N2O4/c6-1-2(8)4(9)3(7)5(10)11/h2-4,8-9H,1,6-7H2,(H,10,11)/t2?,3-,4?/m0/s1. The fraction of sp³-hybridized carbons (Fsp3) is 0.800. The Morgan fingerprint density at radius 1 is 1.45 bits per heavy atom. The third-order valence-electron chi connectivity index (χ3n) is 1.29. The maximum atomic E-state index is 10.1. The third-order valence-corrected chi connectivity index (χ3v) is 1.29. The van der Waals surface area contributed by atoms with Gasteiger partial charge in [0.2, 0.25) is 0 Å². The molecule has 0 aromatic rings. The Bertz CT molecular complexity index is 140. The number of rotatable bonds is 4. The molecule has 0 aliphatic rings. The summed E-state index contributed by atoms with van der Waals surface area (Å²) in [4.78, 5) is 10.1. The molecule has 0 amide bonds. The van der Waals surface area contributed by atoms with E-state index in [-0.39, 0.29) is 6.54 Å². The molecule has 6 heteroatoms. The lowest BCUT2D eigenvalue weighted by atomic mass is 10.1. The van der Waals surface area contributed by atoms with Crippen LogP contribution in [0.3, 0.4) is 0 Å². The highest BCUT2D eigenvalue weighted by atomic mass is 16.4. The summed E-state index contributed by atoms with van der Waals surface area (Å²) in [6, 6.07) is -1.49. The van der Waals surface area contributed by atoms with Gasteiger partial charge in [-0.2, -0.15) is 0 Å². The van der Waals surface area contributed by atoms with Gasteiger partial charge in [0.05, 0.1) is 6.10 Å². The maximum Gasteiger partial charge on any atom is 0.323 e. The highest BCUT2D eigenvalue weighted by molar-refractivity contribution is 5.73. The zero-order valence-electron chi connectivity index (χ0n) is 5.84. The highest BCUT2D eigenvalue weighted by Crippen LogP contribution is 1.96. The molecule has 0 radical (unpaired) electrons. The lowest BCUT2D eigenvalue weighted by molar-refractivity contribution is -0.143. The Morgan fingerprint density at radius 2 is 1.91 bits per heavy atom. The van der Waals surface area contributed by atoms with Gasteiger partial charge in [-0.25, -0.2) is 0 Å². The average molecular weight is 164 g/mol. The van der Waals surface area contributed by atoms with Gasteiger partial charge < -0.3 is 26.8 Å². The monoisotopic (exact) mass is 164 g/mol. The lowest BCUT2D eigenvalue weighted by Crippen LogP contribution is -2.50. The van der Waals surface area contributed by atoms with Gasteiger partial charge >= 0.3 is 5.97 Å². The van der Waals surface area contributed by atoms with Crippen LogP contribution >= 0.6 is 0 Å². The van der Waals surface area contributed by atoms with E-state index < -0.39 is 24.2 Å². The molecule has 0 fully saturated rings. The van der Waals surface area contributed by atoms with Crippen molar-refractivity contribution in [2.24, 2.45) is 11.5 Å². The molecule has 11 heavy (non-hydrogen) atoms. The minimum absolute atomic E-state index is 0.220. The van der Waals surface area contributed by atoms with Crippen LogP contribution < -0.4 is 11.5 Å². The van der Waals surface area contributed by atoms with Gasteiger partial charge in [0.25, 0.3) is 0 Å². The Hall–Kier alpha value is -0.690. The number of aliphatic hydroxyl groups excluding tert-OH is 2. The number of carbonyl (C=O) groups is 1. The molecule has 0 spiro atoms. The molecule has 2 unspecified atom stereocenters. The second kappa shape index (κ2) is 4.24. The normalized spacial score (nSPS) is 18.9. The molecule has 0 aliphatic carbocycles. The number of nitrogens with two attached hydrogens (primary N) is 2. The first-order chi connectivity index (χ1) is 5.00.